The van der Waals surface area contributed by atoms with Crippen molar-refractivity contribution in [1.29, 1.82) is 0 Å². The Morgan fingerprint density at radius 3 is 2.94 bits per heavy atom. The van der Waals surface area contributed by atoms with E-state index in [-0.39, 0.29) is 5.78 Å². The van der Waals surface area contributed by atoms with Crippen molar-refractivity contribution < 1.29 is 4.79 Å². The molecule has 1 N–H and O–H groups in total. The van der Waals surface area contributed by atoms with Crippen LogP contribution >= 0.6 is 23.2 Å². The van der Waals surface area contributed by atoms with E-state index in [0.717, 1.165) is 18.8 Å². The van der Waals surface area contributed by atoms with Crippen LogP contribution in [0.5, 0.6) is 0 Å². The molecule has 0 bridgehead atoms. The number of carbonyl (C=O) groups is 1. The summed E-state index contributed by atoms with van der Waals surface area (Å²) in [5.41, 5.74) is 0.825. The van der Waals surface area contributed by atoms with Gasteiger partial charge in [-0.05, 0) is 18.2 Å². The van der Waals surface area contributed by atoms with Crippen molar-refractivity contribution in [2.75, 3.05) is 31.1 Å². The molecule has 86 valence electrons. The van der Waals surface area contributed by atoms with E-state index in [4.69, 9.17) is 23.2 Å². The molecule has 0 amide bonds. The van der Waals surface area contributed by atoms with E-state index in [2.05, 4.69) is 5.32 Å². The van der Waals surface area contributed by atoms with Gasteiger partial charge in [0, 0.05) is 18.1 Å². The zero-order valence-corrected chi connectivity index (χ0v) is 10.2. The zero-order chi connectivity index (χ0) is 11.5. The monoisotopic (exact) mass is 258 g/mol. The molecule has 1 fully saturated rings. The summed E-state index contributed by atoms with van der Waals surface area (Å²) in [6.07, 6.45) is 0. The molecule has 1 aliphatic rings. The van der Waals surface area contributed by atoms with Gasteiger partial charge in [0.25, 0.3) is 0 Å². The number of Topliss-reactive ketones (excluding diaryl/α,β-unsaturated/α-hetero) is 1. The van der Waals surface area contributed by atoms with Gasteiger partial charge in [-0.2, -0.15) is 0 Å². The van der Waals surface area contributed by atoms with Gasteiger partial charge in [-0.1, -0.05) is 23.2 Å². The Morgan fingerprint density at radius 2 is 2.12 bits per heavy atom. The Hall–Kier alpha value is -0.770. The molecule has 0 saturated carbocycles. The van der Waals surface area contributed by atoms with Crippen molar-refractivity contribution >= 4 is 34.7 Å². The molecule has 16 heavy (non-hydrogen) atoms. The maximum absolute atomic E-state index is 11.5. The Balaban J connectivity index is 2.27. The molecule has 0 atom stereocenters. The van der Waals surface area contributed by atoms with E-state index >= 15 is 0 Å². The third-order valence-corrected chi connectivity index (χ3v) is 3.05. The molecule has 0 unspecified atom stereocenters. The number of nitrogens with one attached hydrogen (secondary N) is 1. The predicted octanol–water partition coefficient (Wildman–Crippen LogP) is 1.97. The fourth-order valence-corrected chi connectivity index (χ4v) is 2.13. The number of benzene rings is 1. The third kappa shape index (κ3) is 2.67. The lowest BCUT2D eigenvalue weighted by atomic mass is 10.2. The van der Waals surface area contributed by atoms with E-state index in [1.54, 1.807) is 18.2 Å². The van der Waals surface area contributed by atoms with Gasteiger partial charge in [-0.25, -0.2) is 0 Å². The average Bonchev–Trinajstić information content (AvgIpc) is 2.46. The summed E-state index contributed by atoms with van der Waals surface area (Å²) >= 11 is 12.0. The Kier molecular flexibility index (Phi) is 3.69. The summed E-state index contributed by atoms with van der Waals surface area (Å²) < 4.78 is 0. The maximum Gasteiger partial charge on any atom is 0.165 e. The van der Waals surface area contributed by atoms with Crippen LogP contribution in [0.1, 0.15) is 0 Å². The minimum atomic E-state index is 0.161. The second kappa shape index (κ2) is 5.04. The third-order valence-electron chi connectivity index (χ3n) is 2.50. The molecule has 5 heteroatoms. The Labute approximate surface area is 104 Å². The second-order valence-electron chi connectivity index (χ2n) is 3.73. The molecule has 0 aliphatic carbocycles. The summed E-state index contributed by atoms with van der Waals surface area (Å²) in [4.78, 5) is 13.4. The molecule has 1 aromatic rings. The van der Waals surface area contributed by atoms with E-state index in [0.29, 0.717) is 23.1 Å². The fraction of sp³-hybridized carbons (Fsp3) is 0.364. The van der Waals surface area contributed by atoms with Crippen molar-refractivity contribution in [3.63, 3.8) is 0 Å². The zero-order valence-electron chi connectivity index (χ0n) is 8.67. The van der Waals surface area contributed by atoms with E-state index in [1.165, 1.54) is 0 Å². The first-order valence-corrected chi connectivity index (χ1v) is 5.85. The van der Waals surface area contributed by atoms with Crippen LogP contribution in [-0.2, 0) is 4.79 Å². The Bertz CT molecular complexity index is 409. The normalized spacial score (nSPS) is 17.4. The quantitative estimate of drug-likeness (QED) is 0.836. The molecule has 0 aromatic heterocycles. The predicted molar refractivity (Wildman–Crippen MR) is 66.6 cm³/mol. The number of anilines is 1. The SMILES string of the molecule is O=C1CNCCN(c2cc(Cl)ccc2Cl)C1. The highest BCUT2D eigenvalue weighted by molar-refractivity contribution is 6.35. The van der Waals surface area contributed by atoms with Crippen LogP contribution in [0.25, 0.3) is 0 Å². The van der Waals surface area contributed by atoms with E-state index in [1.807, 2.05) is 4.90 Å². The molecular formula is C11H12Cl2N2O. The van der Waals surface area contributed by atoms with Crippen molar-refractivity contribution in [3.05, 3.63) is 28.2 Å². The highest BCUT2D eigenvalue weighted by atomic mass is 35.5. The number of hydrogen-bond donors (Lipinski definition) is 1. The molecule has 1 heterocycles. The summed E-state index contributed by atoms with van der Waals surface area (Å²) in [6.45, 7) is 2.34. The van der Waals surface area contributed by atoms with Gasteiger partial charge >= 0.3 is 0 Å². The highest BCUT2D eigenvalue weighted by Gasteiger charge is 2.17. The minimum absolute atomic E-state index is 0.161. The smallest absolute Gasteiger partial charge is 0.165 e. The number of carbonyl (C=O) groups excluding carboxylic acids is 1. The lowest BCUT2D eigenvalue weighted by Gasteiger charge is -2.22. The molecular weight excluding hydrogens is 247 g/mol. The van der Waals surface area contributed by atoms with Crippen LogP contribution in [0.2, 0.25) is 10.0 Å². The van der Waals surface area contributed by atoms with Gasteiger partial charge in [0.1, 0.15) is 0 Å². The van der Waals surface area contributed by atoms with Crippen LogP contribution in [0.3, 0.4) is 0 Å². The van der Waals surface area contributed by atoms with Crippen LogP contribution in [-0.4, -0.2) is 32.0 Å². The van der Waals surface area contributed by atoms with E-state index < -0.39 is 0 Å². The summed E-state index contributed by atoms with van der Waals surface area (Å²) in [5.74, 6) is 0.161. The van der Waals surface area contributed by atoms with Crippen molar-refractivity contribution in [1.82, 2.24) is 5.32 Å². The van der Waals surface area contributed by atoms with Crippen molar-refractivity contribution in [3.8, 4) is 0 Å². The highest BCUT2D eigenvalue weighted by Crippen LogP contribution is 2.28. The van der Waals surface area contributed by atoms with Crippen molar-refractivity contribution in [2.24, 2.45) is 0 Å². The lowest BCUT2D eigenvalue weighted by molar-refractivity contribution is -0.116. The maximum atomic E-state index is 11.5. The molecule has 1 aliphatic heterocycles. The van der Waals surface area contributed by atoms with Gasteiger partial charge in [0.05, 0.1) is 23.8 Å². The number of rotatable bonds is 1. The molecule has 2 rings (SSSR count). The first-order chi connectivity index (χ1) is 7.66. The van der Waals surface area contributed by atoms with Crippen LogP contribution < -0.4 is 10.2 Å². The molecule has 0 radical (unpaired) electrons. The lowest BCUT2D eigenvalue weighted by Crippen LogP contribution is -2.30. The van der Waals surface area contributed by atoms with Crippen LogP contribution in [0.15, 0.2) is 18.2 Å². The first kappa shape index (κ1) is 11.7. The van der Waals surface area contributed by atoms with E-state index in [9.17, 15) is 4.79 Å². The Morgan fingerprint density at radius 1 is 1.31 bits per heavy atom. The topological polar surface area (TPSA) is 32.3 Å². The largest absolute Gasteiger partial charge is 0.362 e. The first-order valence-electron chi connectivity index (χ1n) is 5.09. The van der Waals surface area contributed by atoms with Crippen molar-refractivity contribution in [2.45, 2.75) is 0 Å². The molecule has 1 saturated heterocycles. The number of nitrogens with zero attached hydrogens (tertiary/aromatic N) is 1. The van der Waals surface area contributed by atoms with Crippen LogP contribution in [0, 0.1) is 0 Å². The van der Waals surface area contributed by atoms with Gasteiger partial charge in [0.15, 0.2) is 5.78 Å². The minimum Gasteiger partial charge on any atom is -0.362 e. The number of ketones is 1. The van der Waals surface area contributed by atoms with Crippen LogP contribution in [0.4, 0.5) is 5.69 Å². The van der Waals surface area contributed by atoms with Gasteiger partial charge in [-0.3, -0.25) is 4.79 Å². The fourth-order valence-electron chi connectivity index (χ4n) is 1.72. The molecule has 1 aromatic carbocycles. The van der Waals surface area contributed by atoms with Gasteiger partial charge < -0.3 is 10.2 Å². The summed E-state index contributed by atoms with van der Waals surface area (Å²) in [7, 11) is 0. The number of halogens is 2. The second-order valence-corrected chi connectivity index (χ2v) is 4.58. The molecule has 3 nitrogen and oxygen atoms in total. The van der Waals surface area contributed by atoms with Gasteiger partial charge in [0.2, 0.25) is 0 Å². The average molecular weight is 259 g/mol. The summed E-state index contributed by atoms with van der Waals surface area (Å²) in [5, 5.41) is 4.32. The molecule has 0 spiro atoms. The standard InChI is InChI=1S/C11H12Cl2N2O/c12-8-1-2-10(13)11(5-8)15-4-3-14-6-9(16)7-15/h1-2,5,14H,3-4,6-7H2. The van der Waals surface area contributed by atoms with Gasteiger partial charge in [-0.15, -0.1) is 0 Å². The number of hydrogen-bond acceptors (Lipinski definition) is 3. The summed E-state index contributed by atoms with van der Waals surface area (Å²) in [6, 6.07) is 5.29.